The summed E-state index contributed by atoms with van der Waals surface area (Å²) in [5.74, 6) is -2.76. The van der Waals surface area contributed by atoms with Gasteiger partial charge in [0.25, 0.3) is 0 Å². The van der Waals surface area contributed by atoms with E-state index in [2.05, 4.69) is 57.1 Å². The number of aliphatic carboxylic acids is 1. The summed E-state index contributed by atoms with van der Waals surface area (Å²) < 4.78 is 33.0. The summed E-state index contributed by atoms with van der Waals surface area (Å²) in [4.78, 5) is 11.3. The van der Waals surface area contributed by atoms with E-state index < -0.39 is 12.1 Å². The van der Waals surface area contributed by atoms with Gasteiger partial charge < -0.3 is 15.3 Å². The van der Waals surface area contributed by atoms with Crippen molar-refractivity contribution < 1.29 is 23.1 Å². The van der Waals surface area contributed by atoms with Crippen LogP contribution in [0.15, 0.2) is 24.3 Å². The van der Waals surface area contributed by atoms with Gasteiger partial charge in [-0.15, -0.1) is 0 Å². The van der Waals surface area contributed by atoms with E-state index >= 15 is 0 Å². The predicted molar refractivity (Wildman–Crippen MR) is 80.4 cm³/mol. The maximum absolute atomic E-state index is 10.6. The van der Waals surface area contributed by atoms with E-state index in [4.69, 9.17) is 9.90 Å². The molecule has 1 spiro atoms. The molecule has 0 aliphatic carbocycles. The Hall–Kier alpha value is -1.03. The van der Waals surface area contributed by atoms with Gasteiger partial charge in [-0.1, -0.05) is 0 Å². The molecular weight excluding hydrogens is 400 g/mol. The molecule has 2 heterocycles. The van der Waals surface area contributed by atoms with Gasteiger partial charge in [-0.05, 0) is 59.8 Å². The van der Waals surface area contributed by atoms with Gasteiger partial charge in [-0.2, -0.15) is 13.2 Å². The van der Waals surface area contributed by atoms with Gasteiger partial charge >= 0.3 is 12.1 Å². The molecule has 0 radical (unpaired) electrons. The molecule has 2 N–H and O–H groups in total. The molecule has 116 valence electrons. The summed E-state index contributed by atoms with van der Waals surface area (Å²) in [6, 6.07) is 8.78. The van der Waals surface area contributed by atoms with Crippen molar-refractivity contribution >= 4 is 34.2 Å². The van der Waals surface area contributed by atoms with E-state index in [1.807, 2.05) is 0 Å². The Labute approximate surface area is 133 Å². The molecule has 0 unspecified atom stereocenters. The molecule has 2 saturated heterocycles. The Balaban J connectivity index is 0.000000199. The zero-order valence-electron chi connectivity index (χ0n) is 11.0. The number of nitrogens with zero attached hydrogens (tertiary/aromatic N) is 1. The lowest BCUT2D eigenvalue weighted by molar-refractivity contribution is -0.192. The third-order valence-electron chi connectivity index (χ3n) is 3.52. The van der Waals surface area contributed by atoms with E-state index in [9.17, 15) is 13.2 Å². The number of nitrogens with one attached hydrogen (secondary N) is 1. The zero-order chi connectivity index (χ0) is 15.7. The van der Waals surface area contributed by atoms with Crippen LogP contribution in [0.25, 0.3) is 0 Å². The van der Waals surface area contributed by atoms with Gasteiger partial charge in [0.1, 0.15) is 0 Å². The summed E-state index contributed by atoms with van der Waals surface area (Å²) >= 11 is 2.34. The first-order valence-electron chi connectivity index (χ1n) is 6.28. The number of carboxylic acids is 1. The lowest BCUT2D eigenvalue weighted by atomic mass is 9.80. The first kappa shape index (κ1) is 16.3. The Bertz CT molecular complexity index is 507. The fourth-order valence-electron chi connectivity index (χ4n) is 2.27. The molecule has 0 amide bonds. The van der Waals surface area contributed by atoms with E-state index in [0.717, 1.165) is 0 Å². The van der Waals surface area contributed by atoms with Crippen LogP contribution in [0.3, 0.4) is 0 Å². The normalized spacial score (nSPS) is 19.1. The van der Waals surface area contributed by atoms with Crippen LogP contribution in [0, 0.1) is 3.57 Å². The van der Waals surface area contributed by atoms with Gasteiger partial charge in [0, 0.05) is 22.3 Å². The van der Waals surface area contributed by atoms with Gasteiger partial charge in [-0.25, -0.2) is 4.79 Å². The zero-order valence-corrected chi connectivity index (χ0v) is 13.1. The maximum Gasteiger partial charge on any atom is 0.490 e. The summed E-state index contributed by atoms with van der Waals surface area (Å²) in [6.07, 6.45) is -3.73. The minimum Gasteiger partial charge on any atom is -0.475 e. The third kappa shape index (κ3) is 4.00. The Kier molecular flexibility index (Phi) is 4.66. The molecule has 2 fully saturated rings. The average Bonchev–Trinajstić information content (AvgIpc) is 2.27. The third-order valence-corrected chi connectivity index (χ3v) is 4.24. The fraction of sp³-hybridized carbons (Fsp3) is 0.462. The van der Waals surface area contributed by atoms with E-state index in [0.29, 0.717) is 5.54 Å². The highest BCUT2D eigenvalue weighted by Gasteiger charge is 2.47. The molecule has 21 heavy (non-hydrogen) atoms. The van der Waals surface area contributed by atoms with Crippen molar-refractivity contribution in [2.24, 2.45) is 0 Å². The van der Waals surface area contributed by atoms with Crippen molar-refractivity contribution in [2.75, 3.05) is 24.5 Å². The summed E-state index contributed by atoms with van der Waals surface area (Å²) in [5.41, 5.74) is 1.85. The molecule has 2 aliphatic heterocycles. The average molecular weight is 414 g/mol. The second kappa shape index (κ2) is 5.99. The highest BCUT2D eigenvalue weighted by atomic mass is 127. The SMILES string of the molecule is Ic1ccc(N2CC3(CCN3)C2)cc1.O=C(O)C(F)(F)F. The smallest absolute Gasteiger partial charge is 0.475 e. The van der Waals surface area contributed by atoms with Crippen molar-refractivity contribution in [1.82, 2.24) is 5.32 Å². The topological polar surface area (TPSA) is 52.6 Å². The minimum atomic E-state index is -5.08. The molecule has 3 rings (SSSR count). The quantitative estimate of drug-likeness (QED) is 0.694. The van der Waals surface area contributed by atoms with Crippen LogP contribution in [0.1, 0.15) is 6.42 Å². The molecule has 4 nitrogen and oxygen atoms in total. The van der Waals surface area contributed by atoms with Gasteiger partial charge in [0.05, 0.1) is 5.54 Å². The molecule has 0 saturated carbocycles. The number of alkyl halides is 3. The predicted octanol–water partition coefficient (Wildman–Crippen LogP) is 2.48. The number of benzene rings is 1. The lowest BCUT2D eigenvalue weighted by Crippen LogP contribution is -2.75. The van der Waals surface area contributed by atoms with Crippen molar-refractivity contribution in [3.8, 4) is 0 Å². The van der Waals surface area contributed by atoms with E-state index in [1.54, 1.807) is 0 Å². The Morgan fingerprint density at radius 1 is 1.29 bits per heavy atom. The van der Waals surface area contributed by atoms with Crippen molar-refractivity contribution in [3.05, 3.63) is 27.8 Å². The van der Waals surface area contributed by atoms with Crippen LogP contribution < -0.4 is 10.2 Å². The van der Waals surface area contributed by atoms with Crippen LogP contribution in [-0.4, -0.2) is 42.4 Å². The second-order valence-electron chi connectivity index (χ2n) is 5.09. The molecule has 1 aromatic rings. The number of hydrogen-bond acceptors (Lipinski definition) is 3. The van der Waals surface area contributed by atoms with Gasteiger partial charge in [0.2, 0.25) is 0 Å². The van der Waals surface area contributed by atoms with E-state index in [1.165, 1.54) is 35.3 Å². The number of hydrogen-bond donors (Lipinski definition) is 2. The lowest BCUT2D eigenvalue weighted by Gasteiger charge is -2.57. The highest BCUT2D eigenvalue weighted by molar-refractivity contribution is 14.1. The number of carbonyl (C=O) groups is 1. The summed E-state index contributed by atoms with van der Waals surface area (Å²) in [7, 11) is 0. The number of halogens is 4. The number of rotatable bonds is 1. The first-order valence-corrected chi connectivity index (χ1v) is 7.35. The first-order chi connectivity index (χ1) is 9.72. The van der Waals surface area contributed by atoms with Gasteiger partial charge in [-0.3, -0.25) is 0 Å². The number of anilines is 1. The van der Waals surface area contributed by atoms with Crippen molar-refractivity contribution in [3.63, 3.8) is 0 Å². The molecule has 8 heteroatoms. The molecule has 2 aliphatic rings. The summed E-state index contributed by atoms with van der Waals surface area (Å²) in [5, 5.41) is 10.7. The van der Waals surface area contributed by atoms with Crippen LogP contribution >= 0.6 is 22.6 Å². The molecule has 0 atom stereocenters. The van der Waals surface area contributed by atoms with Crippen LogP contribution in [0.4, 0.5) is 18.9 Å². The molecule has 1 aromatic carbocycles. The molecule has 0 aromatic heterocycles. The van der Waals surface area contributed by atoms with Crippen LogP contribution in [0.5, 0.6) is 0 Å². The summed E-state index contributed by atoms with van der Waals surface area (Å²) in [6.45, 7) is 3.59. The number of carboxylic acid groups (broad SMARTS) is 1. The van der Waals surface area contributed by atoms with Crippen molar-refractivity contribution in [2.45, 2.75) is 18.1 Å². The van der Waals surface area contributed by atoms with Crippen LogP contribution in [-0.2, 0) is 4.79 Å². The highest BCUT2D eigenvalue weighted by Crippen LogP contribution is 2.33. The molecule has 0 bridgehead atoms. The fourth-order valence-corrected chi connectivity index (χ4v) is 2.63. The molecular formula is C13H14F3IN2O2. The monoisotopic (exact) mass is 414 g/mol. The standard InChI is InChI=1S/C11H13IN2.C2HF3O2/c12-9-1-3-10(4-2-9)14-7-11(8-14)5-6-13-11;3-2(4,5)1(6)7/h1-4,13H,5-8H2;(H,6,7). The minimum absolute atomic E-state index is 0.489. The van der Waals surface area contributed by atoms with Crippen molar-refractivity contribution in [1.29, 1.82) is 0 Å². The Morgan fingerprint density at radius 2 is 1.76 bits per heavy atom. The largest absolute Gasteiger partial charge is 0.490 e. The van der Waals surface area contributed by atoms with Gasteiger partial charge in [0.15, 0.2) is 0 Å². The maximum atomic E-state index is 10.6. The second-order valence-corrected chi connectivity index (χ2v) is 6.34. The Morgan fingerprint density at radius 3 is 2.10 bits per heavy atom. The van der Waals surface area contributed by atoms with Crippen LogP contribution in [0.2, 0.25) is 0 Å². The van der Waals surface area contributed by atoms with E-state index in [-0.39, 0.29) is 0 Å².